The molecule has 0 aliphatic heterocycles. The maximum Gasteiger partial charge on any atom is 0.422 e. The summed E-state index contributed by atoms with van der Waals surface area (Å²) < 4.78 is 53.0. The normalized spacial score (nSPS) is 15.0. The minimum Gasteiger partial charge on any atom is -0.490 e. The summed E-state index contributed by atoms with van der Waals surface area (Å²) in [6.07, 6.45) is -3.40. The predicted octanol–water partition coefficient (Wildman–Crippen LogP) is 3.99. The van der Waals surface area contributed by atoms with Crippen molar-refractivity contribution in [1.29, 1.82) is 0 Å². The third-order valence-corrected chi connectivity index (χ3v) is 5.01. The molecule has 9 heteroatoms. The Kier molecular flexibility index (Phi) is 5.62. The van der Waals surface area contributed by atoms with Crippen molar-refractivity contribution in [1.82, 2.24) is 10.1 Å². The third-order valence-electron chi connectivity index (χ3n) is 5.01. The van der Waals surface area contributed by atoms with E-state index in [0.717, 1.165) is 11.1 Å². The van der Waals surface area contributed by atoms with Crippen molar-refractivity contribution >= 4 is 0 Å². The van der Waals surface area contributed by atoms with Gasteiger partial charge < -0.3 is 19.1 Å². The number of hydrogen-bond donors (Lipinski definition) is 1. The molecule has 0 radical (unpaired) electrons. The highest BCUT2D eigenvalue weighted by Crippen LogP contribution is 2.37. The number of aliphatic hydroxyl groups is 1. The molecule has 31 heavy (non-hydrogen) atoms. The van der Waals surface area contributed by atoms with Crippen LogP contribution < -0.4 is 9.47 Å². The second kappa shape index (κ2) is 8.22. The van der Waals surface area contributed by atoms with Gasteiger partial charge in [-0.3, -0.25) is 0 Å². The molecule has 0 fully saturated rings. The molecule has 6 nitrogen and oxygen atoms in total. The summed E-state index contributed by atoms with van der Waals surface area (Å²) in [5.74, 6) is 0.715. The van der Waals surface area contributed by atoms with E-state index in [0.29, 0.717) is 24.2 Å². The van der Waals surface area contributed by atoms with Crippen molar-refractivity contribution in [2.75, 3.05) is 13.2 Å². The number of alkyl halides is 3. The SMILES string of the molecule is CCOc1cc(Cc2noc(C3(O)Cc4ccccc4C3)n2)ccc1OCC(F)(F)F. The molecule has 0 amide bonds. The van der Waals surface area contributed by atoms with Gasteiger partial charge in [0.05, 0.1) is 6.61 Å². The van der Waals surface area contributed by atoms with E-state index in [1.54, 1.807) is 19.1 Å². The Morgan fingerprint density at radius 2 is 1.77 bits per heavy atom. The van der Waals surface area contributed by atoms with Crippen molar-refractivity contribution in [3.05, 3.63) is 70.9 Å². The van der Waals surface area contributed by atoms with Crippen LogP contribution in [0.5, 0.6) is 11.5 Å². The fourth-order valence-corrected chi connectivity index (χ4v) is 3.65. The number of halogens is 3. The van der Waals surface area contributed by atoms with Gasteiger partial charge in [0.25, 0.3) is 5.89 Å². The van der Waals surface area contributed by atoms with Crippen LogP contribution in [0, 0.1) is 0 Å². The third kappa shape index (κ3) is 4.82. The first-order valence-corrected chi connectivity index (χ1v) is 9.83. The Balaban J connectivity index is 1.49. The first-order valence-electron chi connectivity index (χ1n) is 9.83. The molecule has 0 spiro atoms. The lowest BCUT2D eigenvalue weighted by Gasteiger charge is -2.16. The monoisotopic (exact) mass is 434 g/mol. The Morgan fingerprint density at radius 1 is 1.06 bits per heavy atom. The number of nitrogens with zero attached hydrogens (tertiary/aromatic N) is 2. The minimum atomic E-state index is -4.44. The van der Waals surface area contributed by atoms with E-state index in [9.17, 15) is 18.3 Å². The summed E-state index contributed by atoms with van der Waals surface area (Å²) >= 11 is 0. The molecule has 1 aliphatic rings. The van der Waals surface area contributed by atoms with Crippen LogP contribution in [0.2, 0.25) is 0 Å². The van der Waals surface area contributed by atoms with Crippen LogP contribution in [-0.4, -0.2) is 34.6 Å². The van der Waals surface area contributed by atoms with E-state index in [1.807, 2.05) is 24.3 Å². The van der Waals surface area contributed by atoms with Crippen molar-refractivity contribution in [3.8, 4) is 11.5 Å². The molecular weight excluding hydrogens is 413 g/mol. The van der Waals surface area contributed by atoms with Crippen LogP contribution in [0.1, 0.15) is 35.3 Å². The number of benzene rings is 2. The lowest BCUT2D eigenvalue weighted by Crippen LogP contribution is -2.26. The number of ether oxygens (including phenoxy) is 2. The maximum absolute atomic E-state index is 12.5. The second-order valence-electron chi connectivity index (χ2n) is 7.46. The number of fused-ring (bicyclic) bond motifs is 1. The van der Waals surface area contributed by atoms with Gasteiger partial charge in [-0.1, -0.05) is 35.5 Å². The average Bonchev–Trinajstić information content (AvgIpc) is 3.31. The van der Waals surface area contributed by atoms with E-state index in [4.69, 9.17) is 14.0 Å². The molecule has 0 atom stereocenters. The summed E-state index contributed by atoms with van der Waals surface area (Å²) in [6.45, 7) is 0.597. The highest BCUT2D eigenvalue weighted by Gasteiger charge is 2.41. The van der Waals surface area contributed by atoms with Crippen molar-refractivity contribution < 1.29 is 32.3 Å². The van der Waals surface area contributed by atoms with E-state index >= 15 is 0 Å². The first-order chi connectivity index (χ1) is 14.8. The average molecular weight is 434 g/mol. The van der Waals surface area contributed by atoms with Gasteiger partial charge in [-0.05, 0) is 35.7 Å². The quantitative estimate of drug-likeness (QED) is 0.606. The van der Waals surface area contributed by atoms with E-state index in [-0.39, 0.29) is 30.4 Å². The van der Waals surface area contributed by atoms with Crippen molar-refractivity contribution in [2.45, 2.75) is 38.0 Å². The summed E-state index contributed by atoms with van der Waals surface area (Å²) in [6, 6.07) is 12.4. The van der Waals surface area contributed by atoms with Crippen LogP contribution in [0.25, 0.3) is 0 Å². The lowest BCUT2D eigenvalue weighted by atomic mass is 10.0. The summed E-state index contributed by atoms with van der Waals surface area (Å²) in [4.78, 5) is 4.36. The van der Waals surface area contributed by atoms with Crippen LogP contribution in [-0.2, 0) is 24.9 Å². The molecule has 0 saturated carbocycles. The molecule has 1 N–H and O–H groups in total. The Labute approximate surface area is 176 Å². The topological polar surface area (TPSA) is 77.6 Å². The standard InChI is InChI=1S/C22H21F3N2O4/c1-2-29-18-9-14(7-8-17(18)30-13-22(23,24)25)10-19-26-20(31-27-19)21(28)11-15-5-3-4-6-16(15)12-21/h3-9,28H,2,10-13H2,1H3. The van der Waals surface area contributed by atoms with Crippen LogP contribution in [0.15, 0.2) is 47.0 Å². The van der Waals surface area contributed by atoms with Gasteiger partial charge in [-0.15, -0.1) is 0 Å². The zero-order valence-electron chi connectivity index (χ0n) is 16.8. The van der Waals surface area contributed by atoms with E-state index in [1.165, 1.54) is 6.07 Å². The molecule has 3 aromatic rings. The molecule has 2 aromatic carbocycles. The van der Waals surface area contributed by atoms with Gasteiger partial charge in [0.15, 0.2) is 29.5 Å². The lowest BCUT2D eigenvalue weighted by molar-refractivity contribution is -0.153. The van der Waals surface area contributed by atoms with Gasteiger partial charge in [0.1, 0.15) is 0 Å². The van der Waals surface area contributed by atoms with Crippen molar-refractivity contribution in [3.63, 3.8) is 0 Å². The second-order valence-corrected chi connectivity index (χ2v) is 7.46. The van der Waals surface area contributed by atoms with E-state index < -0.39 is 18.4 Å². The summed E-state index contributed by atoms with van der Waals surface area (Å²) in [5.41, 5.74) is 1.54. The predicted molar refractivity (Wildman–Crippen MR) is 104 cm³/mol. The summed E-state index contributed by atoms with van der Waals surface area (Å²) in [5, 5.41) is 15.0. The largest absolute Gasteiger partial charge is 0.490 e. The Hall–Kier alpha value is -3.07. The minimum absolute atomic E-state index is 0.00903. The fraction of sp³-hybridized carbons (Fsp3) is 0.364. The van der Waals surface area contributed by atoms with Gasteiger partial charge >= 0.3 is 6.18 Å². The van der Waals surface area contributed by atoms with Gasteiger partial charge in [0.2, 0.25) is 0 Å². The molecule has 1 aliphatic carbocycles. The van der Waals surface area contributed by atoms with Crippen LogP contribution in [0.3, 0.4) is 0 Å². The highest BCUT2D eigenvalue weighted by atomic mass is 19.4. The van der Waals surface area contributed by atoms with E-state index in [2.05, 4.69) is 10.1 Å². The van der Waals surface area contributed by atoms with Gasteiger partial charge in [0, 0.05) is 19.3 Å². The zero-order valence-corrected chi connectivity index (χ0v) is 16.8. The number of rotatable bonds is 7. The molecule has 0 bridgehead atoms. The first kappa shape index (κ1) is 21.2. The molecule has 1 aromatic heterocycles. The van der Waals surface area contributed by atoms with Gasteiger partial charge in [-0.2, -0.15) is 18.2 Å². The molecule has 4 rings (SSSR count). The fourth-order valence-electron chi connectivity index (χ4n) is 3.65. The number of aromatic nitrogens is 2. The Morgan fingerprint density at radius 3 is 2.42 bits per heavy atom. The highest BCUT2D eigenvalue weighted by molar-refractivity contribution is 5.44. The van der Waals surface area contributed by atoms with Gasteiger partial charge in [-0.25, -0.2) is 0 Å². The molecule has 1 heterocycles. The van der Waals surface area contributed by atoms with Crippen molar-refractivity contribution in [2.24, 2.45) is 0 Å². The Bertz CT molecular complexity index is 1040. The summed E-state index contributed by atoms with van der Waals surface area (Å²) in [7, 11) is 0. The molecule has 0 unspecified atom stereocenters. The zero-order chi connectivity index (χ0) is 22.1. The molecular formula is C22H21F3N2O4. The smallest absolute Gasteiger partial charge is 0.422 e. The maximum atomic E-state index is 12.5. The van der Waals surface area contributed by atoms with Crippen LogP contribution >= 0.6 is 0 Å². The van der Waals surface area contributed by atoms with Crippen LogP contribution in [0.4, 0.5) is 13.2 Å². The molecule has 0 saturated heterocycles. The molecule has 164 valence electrons. The number of hydrogen-bond acceptors (Lipinski definition) is 6.